The lowest BCUT2D eigenvalue weighted by molar-refractivity contribution is -0.121. The second-order valence-corrected chi connectivity index (χ2v) is 8.93. The van der Waals surface area contributed by atoms with Gasteiger partial charge < -0.3 is 9.84 Å². The number of carbonyl (C=O) groups excluding carboxylic acids is 2. The number of benzene rings is 1. The van der Waals surface area contributed by atoms with Crippen LogP contribution in [0.2, 0.25) is 0 Å². The summed E-state index contributed by atoms with van der Waals surface area (Å²) in [6.07, 6.45) is 0.562. The topological polar surface area (TPSA) is 125 Å². The van der Waals surface area contributed by atoms with Crippen LogP contribution in [-0.4, -0.2) is 67.4 Å². The molecule has 2 heterocycles. The number of anilines is 1. The van der Waals surface area contributed by atoms with Crippen LogP contribution in [0.1, 0.15) is 17.9 Å². The van der Waals surface area contributed by atoms with Crippen LogP contribution in [-0.2, 0) is 14.8 Å². The number of carbonyl (C=O) groups is 2. The number of sulfonamides is 1. The predicted molar refractivity (Wildman–Crippen MR) is 109 cm³/mol. The van der Waals surface area contributed by atoms with E-state index in [4.69, 9.17) is 4.52 Å². The molecule has 1 saturated heterocycles. The fraction of sp³-hybridized carbons (Fsp3) is 0.421. The molecule has 1 aliphatic heterocycles. The lowest BCUT2D eigenvalue weighted by atomic mass is 10.3. The van der Waals surface area contributed by atoms with E-state index in [0.717, 1.165) is 0 Å². The van der Waals surface area contributed by atoms with Crippen molar-refractivity contribution in [2.75, 3.05) is 38.0 Å². The number of aromatic nitrogens is 1. The third-order valence-electron chi connectivity index (χ3n) is 4.77. The fourth-order valence-corrected chi connectivity index (χ4v) is 5.13. The molecule has 1 aliphatic rings. The van der Waals surface area contributed by atoms with E-state index in [0.29, 0.717) is 37.4 Å². The first-order valence-corrected chi connectivity index (χ1v) is 11.0. The number of nitrogens with one attached hydrogen (secondary N) is 2. The van der Waals surface area contributed by atoms with Gasteiger partial charge in [-0.05, 0) is 38.9 Å². The van der Waals surface area contributed by atoms with Gasteiger partial charge >= 0.3 is 6.03 Å². The van der Waals surface area contributed by atoms with Crippen molar-refractivity contribution >= 4 is 27.6 Å². The molecule has 10 nitrogen and oxygen atoms in total. The van der Waals surface area contributed by atoms with E-state index in [2.05, 4.69) is 15.8 Å². The Morgan fingerprint density at radius 2 is 1.83 bits per heavy atom. The number of urea groups is 1. The molecule has 0 bridgehead atoms. The summed E-state index contributed by atoms with van der Waals surface area (Å²) in [5.41, 5.74) is 0.912. The van der Waals surface area contributed by atoms with Crippen LogP contribution in [0, 0.1) is 13.8 Å². The largest absolute Gasteiger partial charge is 0.360 e. The first-order chi connectivity index (χ1) is 14.3. The molecule has 0 atom stereocenters. The molecule has 3 rings (SSSR count). The van der Waals surface area contributed by atoms with E-state index in [1.807, 2.05) is 11.0 Å². The van der Waals surface area contributed by atoms with Crippen LogP contribution in [0.3, 0.4) is 0 Å². The summed E-state index contributed by atoms with van der Waals surface area (Å²) in [7, 11) is -3.72. The van der Waals surface area contributed by atoms with Crippen molar-refractivity contribution in [1.82, 2.24) is 19.7 Å². The summed E-state index contributed by atoms with van der Waals surface area (Å²) in [5, 5.41) is 8.61. The Labute approximate surface area is 175 Å². The van der Waals surface area contributed by atoms with Gasteiger partial charge in [0, 0.05) is 25.3 Å². The second-order valence-electron chi connectivity index (χ2n) is 7.06. The average Bonchev–Trinajstić information content (AvgIpc) is 2.88. The van der Waals surface area contributed by atoms with Gasteiger partial charge in [0.15, 0.2) is 5.76 Å². The molecule has 2 N–H and O–H groups in total. The molecule has 1 aromatic carbocycles. The molecular weight excluding hydrogens is 410 g/mol. The van der Waals surface area contributed by atoms with Gasteiger partial charge in [-0.15, -0.1) is 0 Å². The first kappa shape index (κ1) is 21.9. The molecule has 2 aromatic rings. The molecule has 0 unspecified atom stereocenters. The number of hydrogen-bond acceptors (Lipinski definition) is 7. The molecule has 1 fully saturated rings. The maximum absolute atomic E-state index is 13.0. The van der Waals surface area contributed by atoms with Crippen LogP contribution in [0.5, 0.6) is 0 Å². The normalized spacial score (nSPS) is 16.1. The summed E-state index contributed by atoms with van der Waals surface area (Å²) in [5.74, 6) is -0.192. The highest BCUT2D eigenvalue weighted by Crippen LogP contribution is 2.24. The summed E-state index contributed by atoms with van der Waals surface area (Å²) in [6, 6.07) is 8.19. The summed E-state index contributed by atoms with van der Waals surface area (Å²) in [6.45, 7) is 4.65. The van der Waals surface area contributed by atoms with Gasteiger partial charge in [0.2, 0.25) is 15.9 Å². The maximum Gasteiger partial charge on any atom is 0.325 e. The van der Waals surface area contributed by atoms with Crippen molar-refractivity contribution in [1.29, 1.82) is 0 Å². The molecule has 0 radical (unpaired) electrons. The SMILES string of the molecule is Cc1noc(C)c1S(=O)(=O)N1CCCN(CC(=O)NC(=O)Nc2ccccc2)CC1. The lowest BCUT2D eigenvalue weighted by Gasteiger charge is -2.21. The number of aryl methyl sites for hydroxylation is 2. The molecule has 3 amide bonds. The van der Waals surface area contributed by atoms with E-state index < -0.39 is 22.0 Å². The van der Waals surface area contributed by atoms with Gasteiger partial charge in [0.1, 0.15) is 10.6 Å². The first-order valence-electron chi connectivity index (χ1n) is 9.58. The standard InChI is InChI=1S/C19H25N5O5S/c1-14-18(15(2)29-22-14)30(27,28)24-10-6-9-23(11-12-24)13-17(25)21-19(26)20-16-7-4-3-5-8-16/h3-5,7-8H,6,9-13H2,1-2H3,(H2,20,21,25,26). The van der Waals surface area contributed by atoms with E-state index >= 15 is 0 Å². The third-order valence-corrected chi connectivity index (χ3v) is 6.91. The van der Waals surface area contributed by atoms with Crippen molar-refractivity contribution in [3.8, 4) is 0 Å². The molecule has 11 heteroatoms. The number of imide groups is 1. The van der Waals surface area contributed by atoms with Crippen molar-refractivity contribution in [2.45, 2.75) is 25.2 Å². The summed E-state index contributed by atoms with van der Waals surface area (Å²) < 4.78 is 32.3. The number of hydrogen-bond donors (Lipinski definition) is 2. The van der Waals surface area contributed by atoms with Gasteiger partial charge in [-0.2, -0.15) is 4.31 Å². The third kappa shape index (κ3) is 5.23. The quantitative estimate of drug-likeness (QED) is 0.726. The van der Waals surface area contributed by atoms with Crippen LogP contribution < -0.4 is 10.6 Å². The minimum Gasteiger partial charge on any atom is -0.360 e. The van der Waals surface area contributed by atoms with E-state index in [1.165, 1.54) is 4.31 Å². The number of rotatable bonds is 5. The number of amides is 3. The monoisotopic (exact) mass is 435 g/mol. The Morgan fingerprint density at radius 1 is 1.10 bits per heavy atom. The highest BCUT2D eigenvalue weighted by atomic mass is 32.2. The second kappa shape index (κ2) is 9.37. The minimum atomic E-state index is -3.72. The minimum absolute atomic E-state index is 0.00141. The Balaban J connectivity index is 1.54. The van der Waals surface area contributed by atoms with Crippen LogP contribution in [0.25, 0.3) is 0 Å². The Kier molecular flexibility index (Phi) is 6.85. The van der Waals surface area contributed by atoms with Gasteiger partial charge in [-0.1, -0.05) is 23.4 Å². The van der Waals surface area contributed by atoms with E-state index in [-0.39, 0.29) is 23.7 Å². The zero-order valence-corrected chi connectivity index (χ0v) is 17.7. The summed E-state index contributed by atoms with van der Waals surface area (Å²) >= 11 is 0. The molecule has 0 aliphatic carbocycles. The van der Waals surface area contributed by atoms with E-state index in [9.17, 15) is 18.0 Å². The predicted octanol–water partition coefficient (Wildman–Crippen LogP) is 1.34. The van der Waals surface area contributed by atoms with Crippen molar-refractivity contribution < 1.29 is 22.5 Å². The molecule has 30 heavy (non-hydrogen) atoms. The van der Waals surface area contributed by atoms with Crippen LogP contribution >= 0.6 is 0 Å². The van der Waals surface area contributed by atoms with Gasteiger partial charge in [0.05, 0.1) is 6.54 Å². The molecule has 1 aromatic heterocycles. The van der Waals surface area contributed by atoms with Gasteiger partial charge in [0.25, 0.3) is 0 Å². The zero-order chi connectivity index (χ0) is 21.7. The number of para-hydroxylation sites is 1. The van der Waals surface area contributed by atoms with Crippen molar-refractivity contribution in [3.05, 3.63) is 41.8 Å². The summed E-state index contributed by atoms with van der Waals surface area (Å²) in [4.78, 5) is 26.1. The van der Waals surface area contributed by atoms with Crippen molar-refractivity contribution in [2.24, 2.45) is 0 Å². The zero-order valence-electron chi connectivity index (χ0n) is 16.9. The Hall–Kier alpha value is -2.76. The molecule has 0 saturated carbocycles. The van der Waals surface area contributed by atoms with Crippen LogP contribution in [0.4, 0.5) is 10.5 Å². The smallest absolute Gasteiger partial charge is 0.325 e. The number of nitrogens with zero attached hydrogens (tertiary/aromatic N) is 3. The lowest BCUT2D eigenvalue weighted by Crippen LogP contribution is -2.43. The highest BCUT2D eigenvalue weighted by Gasteiger charge is 2.32. The Morgan fingerprint density at radius 3 is 2.50 bits per heavy atom. The van der Waals surface area contributed by atoms with E-state index in [1.54, 1.807) is 38.1 Å². The highest BCUT2D eigenvalue weighted by molar-refractivity contribution is 7.89. The Bertz CT molecular complexity index is 986. The van der Waals surface area contributed by atoms with Gasteiger partial charge in [-0.3, -0.25) is 15.0 Å². The van der Waals surface area contributed by atoms with Gasteiger partial charge in [-0.25, -0.2) is 13.2 Å². The fourth-order valence-electron chi connectivity index (χ4n) is 3.37. The van der Waals surface area contributed by atoms with Crippen LogP contribution in [0.15, 0.2) is 39.8 Å². The average molecular weight is 436 g/mol. The van der Waals surface area contributed by atoms with Crippen molar-refractivity contribution in [3.63, 3.8) is 0 Å². The maximum atomic E-state index is 13.0. The molecule has 162 valence electrons. The molecule has 0 spiro atoms. The molecular formula is C19H25N5O5S.